The largest absolute Gasteiger partial charge is 0.494 e. The van der Waals surface area contributed by atoms with Crippen LogP contribution >= 0.6 is 11.3 Å². The normalized spacial score (nSPS) is 12.4. The quantitative estimate of drug-likeness (QED) is 0.890. The maximum absolute atomic E-state index is 13.8. The summed E-state index contributed by atoms with van der Waals surface area (Å²) in [4.78, 5) is 0. The van der Waals surface area contributed by atoms with Gasteiger partial charge in [-0.25, -0.2) is 4.39 Å². The van der Waals surface area contributed by atoms with Gasteiger partial charge in [-0.05, 0) is 28.5 Å². The Bertz CT molecular complexity index is 468. The Morgan fingerprint density at radius 2 is 2.19 bits per heavy atom. The van der Waals surface area contributed by atoms with Gasteiger partial charge < -0.3 is 9.84 Å². The van der Waals surface area contributed by atoms with Gasteiger partial charge in [-0.1, -0.05) is 12.1 Å². The molecule has 1 heterocycles. The molecule has 16 heavy (non-hydrogen) atoms. The van der Waals surface area contributed by atoms with Crippen molar-refractivity contribution in [3.05, 3.63) is 52.0 Å². The molecular formula is C12H11FO2S. The first-order valence-corrected chi connectivity index (χ1v) is 5.71. The lowest BCUT2D eigenvalue weighted by Gasteiger charge is -2.12. The van der Waals surface area contributed by atoms with Crippen LogP contribution in [0.4, 0.5) is 4.39 Å². The Kier molecular flexibility index (Phi) is 3.22. The molecule has 1 unspecified atom stereocenters. The van der Waals surface area contributed by atoms with Gasteiger partial charge in [-0.2, -0.15) is 11.3 Å². The molecule has 0 saturated heterocycles. The third-order valence-electron chi connectivity index (χ3n) is 2.37. The van der Waals surface area contributed by atoms with Gasteiger partial charge in [-0.3, -0.25) is 0 Å². The summed E-state index contributed by atoms with van der Waals surface area (Å²) in [5.41, 5.74) is 0.926. The first kappa shape index (κ1) is 11.1. The number of methoxy groups -OCH3 is 1. The number of thiophene rings is 1. The summed E-state index contributed by atoms with van der Waals surface area (Å²) in [7, 11) is 1.40. The van der Waals surface area contributed by atoms with Gasteiger partial charge in [0.2, 0.25) is 0 Å². The Morgan fingerprint density at radius 1 is 1.38 bits per heavy atom. The SMILES string of the molecule is COc1cccc(C(O)c2ccsc2)c1F. The van der Waals surface area contributed by atoms with Crippen LogP contribution in [0.2, 0.25) is 0 Å². The van der Waals surface area contributed by atoms with E-state index in [0.29, 0.717) is 5.56 Å². The van der Waals surface area contributed by atoms with Crippen molar-refractivity contribution in [3.63, 3.8) is 0 Å². The zero-order valence-electron chi connectivity index (χ0n) is 8.68. The van der Waals surface area contributed by atoms with Crippen molar-refractivity contribution < 1.29 is 14.2 Å². The molecule has 2 nitrogen and oxygen atoms in total. The van der Waals surface area contributed by atoms with E-state index in [1.165, 1.54) is 24.5 Å². The van der Waals surface area contributed by atoms with Gasteiger partial charge >= 0.3 is 0 Å². The van der Waals surface area contributed by atoms with E-state index in [9.17, 15) is 9.50 Å². The molecule has 1 N–H and O–H groups in total. The van der Waals surface area contributed by atoms with Crippen LogP contribution in [0.25, 0.3) is 0 Å². The number of rotatable bonds is 3. The van der Waals surface area contributed by atoms with E-state index < -0.39 is 11.9 Å². The topological polar surface area (TPSA) is 29.5 Å². The minimum atomic E-state index is -0.943. The zero-order valence-corrected chi connectivity index (χ0v) is 9.50. The van der Waals surface area contributed by atoms with Gasteiger partial charge in [0.1, 0.15) is 6.10 Å². The Morgan fingerprint density at radius 3 is 2.81 bits per heavy atom. The van der Waals surface area contributed by atoms with Crippen molar-refractivity contribution in [2.24, 2.45) is 0 Å². The lowest BCUT2D eigenvalue weighted by molar-refractivity contribution is 0.214. The van der Waals surface area contributed by atoms with E-state index in [-0.39, 0.29) is 11.3 Å². The number of halogens is 1. The molecule has 0 aliphatic rings. The van der Waals surface area contributed by atoms with Gasteiger partial charge in [0.05, 0.1) is 7.11 Å². The van der Waals surface area contributed by atoms with Gasteiger partial charge in [-0.15, -0.1) is 0 Å². The number of hydrogen-bond acceptors (Lipinski definition) is 3. The molecule has 1 aromatic carbocycles. The molecule has 0 bridgehead atoms. The molecule has 1 atom stereocenters. The van der Waals surface area contributed by atoms with Gasteiger partial charge in [0.25, 0.3) is 0 Å². The molecule has 4 heteroatoms. The van der Waals surface area contributed by atoms with Gasteiger partial charge in [0.15, 0.2) is 11.6 Å². The smallest absolute Gasteiger partial charge is 0.171 e. The van der Waals surface area contributed by atoms with Crippen LogP contribution in [-0.2, 0) is 0 Å². The van der Waals surface area contributed by atoms with Crippen LogP contribution in [0.3, 0.4) is 0 Å². The molecule has 2 aromatic rings. The summed E-state index contributed by atoms with van der Waals surface area (Å²) in [6, 6.07) is 6.51. The number of aliphatic hydroxyl groups excluding tert-OH is 1. The van der Waals surface area contributed by atoms with Crippen molar-refractivity contribution in [1.82, 2.24) is 0 Å². The van der Waals surface area contributed by atoms with E-state index in [4.69, 9.17) is 4.74 Å². The predicted octanol–water partition coefficient (Wildman–Crippen LogP) is 2.98. The number of benzene rings is 1. The third kappa shape index (κ3) is 1.94. The lowest BCUT2D eigenvalue weighted by atomic mass is 10.0. The van der Waals surface area contributed by atoms with Crippen molar-refractivity contribution in [2.75, 3.05) is 7.11 Å². The molecule has 1 aromatic heterocycles. The fraction of sp³-hybridized carbons (Fsp3) is 0.167. The van der Waals surface area contributed by atoms with Crippen LogP contribution in [-0.4, -0.2) is 12.2 Å². The van der Waals surface area contributed by atoms with Crippen molar-refractivity contribution >= 4 is 11.3 Å². The van der Waals surface area contributed by atoms with E-state index >= 15 is 0 Å². The zero-order chi connectivity index (χ0) is 11.5. The maximum Gasteiger partial charge on any atom is 0.171 e. The maximum atomic E-state index is 13.8. The summed E-state index contributed by atoms with van der Waals surface area (Å²) in [5, 5.41) is 13.6. The summed E-state index contributed by atoms with van der Waals surface area (Å²) >= 11 is 1.46. The highest BCUT2D eigenvalue weighted by Gasteiger charge is 2.17. The van der Waals surface area contributed by atoms with Crippen molar-refractivity contribution in [2.45, 2.75) is 6.10 Å². The fourth-order valence-electron chi connectivity index (χ4n) is 1.51. The summed E-state index contributed by atoms with van der Waals surface area (Å²) in [5.74, 6) is -0.365. The summed E-state index contributed by atoms with van der Waals surface area (Å²) in [6.45, 7) is 0. The predicted molar refractivity (Wildman–Crippen MR) is 61.3 cm³/mol. The average molecular weight is 238 g/mol. The number of hydrogen-bond donors (Lipinski definition) is 1. The summed E-state index contributed by atoms with van der Waals surface area (Å²) in [6.07, 6.45) is -0.943. The van der Waals surface area contributed by atoms with E-state index in [0.717, 1.165) is 0 Å². The Balaban J connectivity index is 2.41. The average Bonchev–Trinajstić information content (AvgIpc) is 2.82. The monoisotopic (exact) mass is 238 g/mol. The van der Waals surface area contributed by atoms with Gasteiger partial charge in [0, 0.05) is 5.56 Å². The second-order valence-electron chi connectivity index (χ2n) is 3.32. The molecule has 84 valence electrons. The highest BCUT2D eigenvalue weighted by atomic mass is 32.1. The van der Waals surface area contributed by atoms with E-state index in [1.807, 2.05) is 5.38 Å². The van der Waals surface area contributed by atoms with E-state index in [1.54, 1.807) is 23.6 Å². The lowest BCUT2D eigenvalue weighted by Crippen LogP contribution is -2.02. The highest BCUT2D eigenvalue weighted by molar-refractivity contribution is 7.07. The molecule has 0 aliphatic carbocycles. The van der Waals surface area contributed by atoms with Crippen LogP contribution < -0.4 is 4.74 Å². The standard InChI is InChI=1S/C12H11FO2S/c1-15-10-4-2-3-9(11(10)13)12(14)8-5-6-16-7-8/h2-7,12,14H,1H3. The number of aliphatic hydroxyl groups is 1. The first-order chi connectivity index (χ1) is 7.74. The van der Waals surface area contributed by atoms with Crippen molar-refractivity contribution in [1.29, 1.82) is 0 Å². The van der Waals surface area contributed by atoms with Crippen molar-refractivity contribution in [3.8, 4) is 5.75 Å². The van der Waals surface area contributed by atoms with Crippen LogP contribution in [0.5, 0.6) is 5.75 Å². The van der Waals surface area contributed by atoms with Crippen LogP contribution in [0.15, 0.2) is 35.0 Å². The third-order valence-corrected chi connectivity index (χ3v) is 3.07. The molecular weight excluding hydrogens is 227 g/mol. The molecule has 0 fully saturated rings. The van der Waals surface area contributed by atoms with Crippen LogP contribution in [0, 0.1) is 5.82 Å². The fourth-order valence-corrected chi connectivity index (χ4v) is 2.19. The molecule has 0 radical (unpaired) electrons. The first-order valence-electron chi connectivity index (χ1n) is 4.76. The molecule has 0 amide bonds. The molecule has 0 spiro atoms. The summed E-state index contributed by atoms with van der Waals surface area (Å²) < 4.78 is 18.7. The molecule has 0 aliphatic heterocycles. The number of ether oxygens (including phenoxy) is 1. The minimum absolute atomic E-state index is 0.145. The second-order valence-corrected chi connectivity index (χ2v) is 4.10. The Hall–Kier alpha value is -1.39. The highest BCUT2D eigenvalue weighted by Crippen LogP contribution is 2.29. The molecule has 2 rings (SSSR count). The van der Waals surface area contributed by atoms with E-state index in [2.05, 4.69) is 0 Å². The minimum Gasteiger partial charge on any atom is -0.494 e. The molecule has 0 saturated carbocycles. The second kappa shape index (κ2) is 4.63. The Labute approximate surface area is 96.9 Å². The van der Waals surface area contributed by atoms with Crippen LogP contribution in [0.1, 0.15) is 17.2 Å².